The van der Waals surface area contributed by atoms with Crippen molar-refractivity contribution < 1.29 is 10.2 Å². The van der Waals surface area contributed by atoms with Gasteiger partial charge in [0.2, 0.25) is 0 Å². The van der Waals surface area contributed by atoms with Crippen LogP contribution in [0.25, 0.3) is 0 Å². The van der Waals surface area contributed by atoms with Crippen molar-refractivity contribution in [2.24, 2.45) is 40.5 Å². The number of hydrogen-bond donors (Lipinski definition) is 2. The second-order valence-electron chi connectivity index (χ2n) is 16.1. The van der Waals surface area contributed by atoms with E-state index in [2.05, 4.69) is 38.1 Å². The zero-order valence-electron chi connectivity index (χ0n) is 25.7. The van der Waals surface area contributed by atoms with Crippen LogP contribution in [0.5, 0.6) is 11.5 Å². The number of hydrogen-bond acceptors (Lipinski definition) is 4. The Bertz CT molecular complexity index is 1340. The molecule has 8 fully saturated rings. The van der Waals surface area contributed by atoms with Crippen molar-refractivity contribution in [3.05, 3.63) is 57.6 Å². The normalized spacial score (nSPS) is 37.8. The molecule has 0 heterocycles. The van der Waals surface area contributed by atoms with Gasteiger partial charge >= 0.3 is 0 Å². The Hall–Kier alpha value is -1.94. The van der Waals surface area contributed by atoms with Crippen LogP contribution >= 0.6 is 11.8 Å². The average Bonchev–Trinajstić information content (AvgIpc) is 2.92. The van der Waals surface area contributed by atoms with Crippen molar-refractivity contribution in [3.63, 3.8) is 0 Å². The lowest BCUT2D eigenvalue weighted by molar-refractivity contribution is -0.00633. The van der Waals surface area contributed by atoms with Gasteiger partial charge < -0.3 is 10.2 Å². The highest BCUT2D eigenvalue weighted by Gasteiger charge is 2.53. The topological polar surface area (TPSA) is 52.8 Å². The fourth-order valence-electron chi connectivity index (χ4n) is 12.0. The summed E-state index contributed by atoms with van der Waals surface area (Å²) in [5.74, 6) is 8.03. The first-order valence-electron chi connectivity index (χ1n) is 17.0. The summed E-state index contributed by atoms with van der Waals surface area (Å²) in [7, 11) is 0. The number of nitrogens with zero attached hydrogens (tertiary/aromatic N) is 1. The van der Waals surface area contributed by atoms with E-state index in [4.69, 9.17) is 4.99 Å². The molecule has 4 heteroatoms. The molecule has 8 bridgehead atoms. The van der Waals surface area contributed by atoms with Crippen molar-refractivity contribution >= 4 is 18.0 Å². The number of aliphatic imine (C=N–C) groups is 1. The minimum atomic E-state index is 0.189. The Balaban J connectivity index is 0.926. The summed E-state index contributed by atoms with van der Waals surface area (Å²) in [5, 5.41) is 23.0. The molecule has 2 N–H and O–H groups in total. The van der Waals surface area contributed by atoms with Gasteiger partial charge in [-0.3, -0.25) is 4.99 Å². The molecule has 10 rings (SSSR count). The average molecular weight is 584 g/mol. The van der Waals surface area contributed by atoms with Gasteiger partial charge in [-0.2, -0.15) is 11.8 Å². The Morgan fingerprint density at radius 2 is 1.14 bits per heavy atom. The van der Waals surface area contributed by atoms with Crippen molar-refractivity contribution in [2.45, 2.75) is 107 Å². The lowest BCUT2D eigenvalue weighted by atomic mass is 9.48. The van der Waals surface area contributed by atoms with Gasteiger partial charge in [0.15, 0.2) is 0 Å². The standard InChI is InChI=1S/C38H49NO2S/c1-23-5-31(35(40)33(7-23)37-15-25-9-26(16-37)11-27(10-25)17-37)21-39-3-4-42-22-32-6-24(2)8-34(36(32)41)38-18-28-12-29(19-38)14-30(13-28)20-38/h5-8,21,25-30,40-41H,3-4,9-20,22H2,1-2H3. The number of phenolic OH excluding ortho intramolecular Hbond substituents is 2. The third kappa shape index (κ3) is 4.74. The van der Waals surface area contributed by atoms with E-state index in [0.717, 1.165) is 64.7 Å². The van der Waals surface area contributed by atoms with Crippen molar-refractivity contribution in [2.75, 3.05) is 12.3 Å². The van der Waals surface area contributed by atoms with Crippen molar-refractivity contribution in [1.82, 2.24) is 0 Å². The molecule has 0 aliphatic heterocycles. The van der Waals surface area contributed by atoms with Gasteiger partial charge in [0.1, 0.15) is 11.5 Å². The number of phenols is 2. The molecule has 0 saturated heterocycles. The van der Waals surface area contributed by atoms with Crippen LogP contribution in [0.4, 0.5) is 0 Å². The second kappa shape index (κ2) is 10.3. The summed E-state index contributed by atoms with van der Waals surface area (Å²) in [4.78, 5) is 4.78. The van der Waals surface area contributed by atoms with Gasteiger partial charge in [-0.1, -0.05) is 23.8 Å². The van der Waals surface area contributed by atoms with Gasteiger partial charge in [-0.15, -0.1) is 0 Å². The van der Waals surface area contributed by atoms with E-state index in [1.807, 2.05) is 18.0 Å². The number of rotatable bonds is 8. The van der Waals surface area contributed by atoms with Crippen LogP contribution < -0.4 is 0 Å². The van der Waals surface area contributed by atoms with Gasteiger partial charge in [0.05, 0.1) is 0 Å². The summed E-state index contributed by atoms with van der Waals surface area (Å²) in [6, 6.07) is 8.90. The molecule has 8 aliphatic rings. The summed E-state index contributed by atoms with van der Waals surface area (Å²) < 4.78 is 0. The summed E-state index contributed by atoms with van der Waals surface area (Å²) in [5.41, 5.74) is 7.40. The van der Waals surface area contributed by atoms with E-state index in [1.165, 1.54) is 99.3 Å². The number of benzene rings is 2. The Kier molecular flexibility index (Phi) is 6.78. The Morgan fingerprint density at radius 1 is 0.690 bits per heavy atom. The molecule has 0 unspecified atom stereocenters. The first kappa shape index (κ1) is 27.6. The molecule has 0 aromatic heterocycles. The molecular weight excluding hydrogens is 534 g/mol. The first-order chi connectivity index (χ1) is 20.3. The van der Waals surface area contributed by atoms with E-state index in [-0.39, 0.29) is 10.8 Å². The lowest BCUT2D eigenvalue weighted by Crippen LogP contribution is -2.48. The zero-order valence-corrected chi connectivity index (χ0v) is 26.5. The van der Waals surface area contributed by atoms with E-state index in [9.17, 15) is 10.2 Å². The molecule has 0 radical (unpaired) electrons. The largest absolute Gasteiger partial charge is 0.507 e. The van der Waals surface area contributed by atoms with Crippen LogP contribution in [0, 0.1) is 49.4 Å². The maximum Gasteiger partial charge on any atom is 0.128 e. The maximum atomic E-state index is 11.5. The Labute approximate surface area is 257 Å². The van der Waals surface area contributed by atoms with Gasteiger partial charge in [-0.25, -0.2) is 0 Å². The molecule has 8 saturated carbocycles. The highest BCUT2D eigenvalue weighted by Crippen LogP contribution is 2.63. The van der Waals surface area contributed by atoms with E-state index in [0.29, 0.717) is 11.5 Å². The first-order valence-corrected chi connectivity index (χ1v) is 18.2. The van der Waals surface area contributed by atoms with E-state index >= 15 is 0 Å². The number of aryl methyl sites for hydroxylation is 2. The predicted octanol–water partition coefficient (Wildman–Crippen LogP) is 9.00. The molecule has 0 amide bonds. The Morgan fingerprint density at radius 3 is 1.64 bits per heavy atom. The molecule has 0 atom stereocenters. The third-order valence-corrected chi connectivity index (χ3v) is 13.7. The van der Waals surface area contributed by atoms with E-state index < -0.39 is 0 Å². The maximum absolute atomic E-state index is 11.5. The minimum Gasteiger partial charge on any atom is -0.507 e. The SMILES string of the molecule is Cc1cc(C=NCCSCc2cc(C)cc(C34CC5CC(CC(C5)C3)C4)c2O)c(O)c(C23CC4CC(CC(C4)C2)C3)c1. The van der Waals surface area contributed by atoms with Crippen LogP contribution in [0.15, 0.2) is 29.3 Å². The fraction of sp³-hybridized carbons (Fsp3) is 0.658. The van der Waals surface area contributed by atoms with Crippen LogP contribution in [0.1, 0.15) is 110 Å². The smallest absolute Gasteiger partial charge is 0.128 e. The summed E-state index contributed by atoms with van der Waals surface area (Å²) >= 11 is 1.86. The highest BCUT2D eigenvalue weighted by molar-refractivity contribution is 7.98. The third-order valence-electron chi connectivity index (χ3n) is 12.7. The predicted molar refractivity (Wildman–Crippen MR) is 174 cm³/mol. The molecule has 0 spiro atoms. The minimum absolute atomic E-state index is 0.189. The van der Waals surface area contributed by atoms with Crippen LogP contribution in [0.3, 0.4) is 0 Å². The highest BCUT2D eigenvalue weighted by atomic mass is 32.2. The van der Waals surface area contributed by atoms with Gasteiger partial charge in [0.25, 0.3) is 0 Å². The monoisotopic (exact) mass is 583 g/mol. The number of aromatic hydroxyl groups is 2. The van der Waals surface area contributed by atoms with Crippen LogP contribution in [-0.4, -0.2) is 28.7 Å². The zero-order chi connectivity index (χ0) is 28.6. The molecule has 42 heavy (non-hydrogen) atoms. The van der Waals surface area contributed by atoms with Crippen LogP contribution in [-0.2, 0) is 16.6 Å². The van der Waals surface area contributed by atoms with Crippen molar-refractivity contribution in [1.29, 1.82) is 0 Å². The lowest BCUT2D eigenvalue weighted by Gasteiger charge is -2.57. The fourth-order valence-corrected chi connectivity index (χ4v) is 12.8. The molecule has 2 aromatic rings. The van der Waals surface area contributed by atoms with Gasteiger partial charge in [0, 0.05) is 46.5 Å². The summed E-state index contributed by atoms with van der Waals surface area (Å²) in [6.45, 7) is 5.09. The molecule has 8 aliphatic carbocycles. The molecular formula is C38H49NO2S. The molecule has 224 valence electrons. The summed E-state index contributed by atoms with van der Waals surface area (Å²) in [6.07, 6.45) is 18.1. The van der Waals surface area contributed by atoms with Gasteiger partial charge in [-0.05, 0) is 149 Å². The number of thioether (sulfide) groups is 1. The molecule has 2 aromatic carbocycles. The quantitative estimate of drug-likeness (QED) is 0.241. The van der Waals surface area contributed by atoms with Crippen molar-refractivity contribution in [3.8, 4) is 11.5 Å². The molecule has 3 nitrogen and oxygen atoms in total. The second-order valence-corrected chi connectivity index (χ2v) is 17.2. The van der Waals surface area contributed by atoms with Crippen LogP contribution in [0.2, 0.25) is 0 Å². The van der Waals surface area contributed by atoms with E-state index in [1.54, 1.807) is 0 Å².